The Morgan fingerprint density at radius 3 is 2.43 bits per heavy atom. The molecule has 0 unspecified atom stereocenters. The number of nitro benzene ring substituents is 1. The van der Waals surface area contributed by atoms with Gasteiger partial charge in [-0.15, -0.1) is 0 Å². The number of pyridine rings is 1. The second kappa shape index (κ2) is 5.31. The highest BCUT2D eigenvalue weighted by Gasteiger charge is 2.34. The molecule has 0 amide bonds. The first-order chi connectivity index (χ1) is 9.80. The lowest BCUT2D eigenvalue weighted by molar-refractivity contribution is -0.385. The van der Waals surface area contributed by atoms with Gasteiger partial charge in [0.1, 0.15) is 11.3 Å². The van der Waals surface area contributed by atoms with Gasteiger partial charge in [-0.2, -0.15) is 13.2 Å². The Bertz CT molecular complexity index is 700. The van der Waals surface area contributed by atoms with Crippen LogP contribution in [-0.4, -0.2) is 15.7 Å². The van der Waals surface area contributed by atoms with Gasteiger partial charge in [-0.25, -0.2) is 0 Å². The van der Waals surface area contributed by atoms with Crippen molar-refractivity contribution in [2.75, 3.05) is 0 Å². The van der Waals surface area contributed by atoms with Crippen LogP contribution in [-0.2, 0) is 6.18 Å². The fourth-order valence-electron chi connectivity index (χ4n) is 1.69. The number of hydrogen-bond donors (Lipinski definition) is 0. The lowest BCUT2D eigenvalue weighted by atomic mass is 10.0. The third-order valence-corrected chi connectivity index (χ3v) is 2.66. The zero-order valence-electron chi connectivity index (χ0n) is 10.3. The highest BCUT2D eigenvalue weighted by Crippen LogP contribution is 2.33. The van der Waals surface area contributed by atoms with Crippen molar-refractivity contribution in [3.8, 4) is 0 Å². The van der Waals surface area contributed by atoms with Crippen LogP contribution in [0.1, 0.15) is 21.6 Å². The maximum atomic E-state index is 12.6. The minimum absolute atomic E-state index is 0.0830. The molecule has 1 heterocycles. The SMILES string of the molecule is O=C(c1ccccn1)c1ccc(C(F)(F)F)cc1[N+](=O)[O-]. The minimum Gasteiger partial charge on any atom is -0.287 e. The van der Waals surface area contributed by atoms with E-state index in [4.69, 9.17) is 0 Å². The van der Waals surface area contributed by atoms with Crippen LogP contribution >= 0.6 is 0 Å². The number of carbonyl (C=O) groups excluding carboxylic acids is 1. The molecular weight excluding hydrogens is 289 g/mol. The van der Waals surface area contributed by atoms with Gasteiger partial charge in [-0.05, 0) is 24.3 Å². The largest absolute Gasteiger partial charge is 0.416 e. The molecule has 0 radical (unpaired) electrons. The highest BCUT2D eigenvalue weighted by atomic mass is 19.4. The van der Waals surface area contributed by atoms with Gasteiger partial charge in [0.15, 0.2) is 0 Å². The second-order valence-electron chi connectivity index (χ2n) is 4.03. The predicted octanol–water partition coefficient (Wildman–Crippen LogP) is 3.24. The first-order valence-corrected chi connectivity index (χ1v) is 5.62. The molecule has 0 aliphatic rings. The van der Waals surface area contributed by atoms with Crippen LogP contribution in [0.3, 0.4) is 0 Å². The van der Waals surface area contributed by atoms with E-state index in [2.05, 4.69) is 4.98 Å². The van der Waals surface area contributed by atoms with Crippen LogP contribution in [0.2, 0.25) is 0 Å². The van der Waals surface area contributed by atoms with Crippen LogP contribution in [0.5, 0.6) is 0 Å². The summed E-state index contributed by atoms with van der Waals surface area (Å²) in [7, 11) is 0. The van der Waals surface area contributed by atoms with E-state index < -0.39 is 33.7 Å². The van der Waals surface area contributed by atoms with Crippen LogP contribution in [0, 0.1) is 10.1 Å². The molecule has 0 aliphatic heterocycles. The predicted molar refractivity (Wildman–Crippen MR) is 65.8 cm³/mol. The van der Waals surface area contributed by atoms with Gasteiger partial charge in [-0.1, -0.05) is 6.07 Å². The number of ketones is 1. The van der Waals surface area contributed by atoms with Crippen LogP contribution < -0.4 is 0 Å². The molecule has 2 rings (SSSR count). The summed E-state index contributed by atoms with van der Waals surface area (Å²) in [4.78, 5) is 25.7. The molecule has 8 heteroatoms. The molecule has 0 atom stereocenters. The molecular formula is C13H7F3N2O3. The number of alkyl halides is 3. The molecule has 21 heavy (non-hydrogen) atoms. The van der Waals surface area contributed by atoms with E-state index in [9.17, 15) is 28.1 Å². The molecule has 0 saturated carbocycles. The van der Waals surface area contributed by atoms with E-state index >= 15 is 0 Å². The van der Waals surface area contributed by atoms with Crippen molar-refractivity contribution in [2.45, 2.75) is 6.18 Å². The Labute approximate surface area is 116 Å². The van der Waals surface area contributed by atoms with E-state index in [-0.39, 0.29) is 5.69 Å². The molecule has 0 spiro atoms. The molecule has 0 N–H and O–H groups in total. The van der Waals surface area contributed by atoms with E-state index in [0.29, 0.717) is 12.1 Å². The fourth-order valence-corrected chi connectivity index (χ4v) is 1.69. The summed E-state index contributed by atoms with van der Waals surface area (Å²) >= 11 is 0. The Morgan fingerprint density at radius 1 is 1.19 bits per heavy atom. The van der Waals surface area contributed by atoms with E-state index in [1.54, 1.807) is 0 Å². The lowest BCUT2D eigenvalue weighted by Gasteiger charge is -2.08. The minimum atomic E-state index is -4.72. The average molecular weight is 296 g/mol. The summed E-state index contributed by atoms with van der Waals surface area (Å²) in [6, 6.07) is 6.12. The van der Waals surface area contributed by atoms with Gasteiger partial charge in [0.2, 0.25) is 5.78 Å². The first-order valence-electron chi connectivity index (χ1n) is 5.62. The topological polar surface area (TPSA) is 73.1 Å². The van der Waals surface area contributed by atoms with Crippen LogP contribution in [0.15, 0.2) is 42.6 Å². The van der Waals surface area contributed by atoms with Crippen molar-refractivity contribution in [1.29, 1.82) is 0 Å². The van der Waals surface area contributed by atoms with E-state index in [1.165, 1.54) is 24.4 Å². The number of nitro groups is 1. The highest BCUT2D eigenvalue weighted by molar-refractivity contribution is 6.10. The van der Waals surface area contributed by atoms with Crippen molar-refractivity contribution >= 4 is 11.5 Å². The third-order valence-electron chi connectivity index (χ3n) is 2.66. The maximum Gasteiger partial charge on any atom is 0.416 e. The number of halogens is 3. The Balaban J connectivity index is 2.54. The van der Waals surface area contributed by atoms with Crippen molar-refractivity contribution in [1.82, 2.24) is 4.98 Å². The number of benzene rings is 1. The summed E-state index contributed by atoms with van der Waals surface area (Å²) in [6.07, 6.45) is -3.42. The number of nitrogens with zero attached hydrogens (tertiary/aromatic N) is 2. The lowest BCUT2D eigenvalue weighted by Crippen LogP contribution is -2.10. The zero-order chi connectivity index (χ0) is 15.6. The number of aromatic nitrogens is 1. The third kappa shape index (κ3) is 3.04. The zero-order valence-corrected chi connectivity index (χ0v) is 10.3. The summed E-state index contributed by atoms with van der Waals surface area (Å²) < 4.78 is 37.7. The number of carbonyl (C=O) groups is 1. The maximum absolute atomic E-state index is 12.6. The first kappa shape index (κ1) is 14.6. The molecule has 108 valence electrons. The van der Waals surface area contributed by atoms with Crippen molar-refractivity contribution in [3.05, 3.63) is 69.5 Å². The van der Waals surface area contributed by atoms with Gasteiger partial charge in [0, 0.05) is 12.3 Å². The summed E-state index contributed by atoms with van der Waals surface area (Å²) in [6.45, 7) is 0. The molecule has 5 nitrogen and oxygen atoms in total. The van der Waals surface area contributed by atoms with Gasteiger partial charge in [-0.3, -0.25) is 19.9 Å². The average Bonchev–Trinajstić information content (AvgIpc) is 2.45. The van der Waals surface area contributed by atoms with Gasteiger partial charge in [0.05, 0.1) is 10.5 Å². The quantitative estimate of drug-likeness (QED) is 0.495. The number of hydrogen-bond acceptors (Lipinski definition) is 4. The standard InChI is InChI=1S/C13H7F3N2O3/c14-13(15,16)8-4-5-9(11(7-8)18(20)21)12(19)10-3-1-2-6-17-10/h1-7H. The van der Waals surface area contributed by atoms with E-state index in [0.717, 1.165) is 6.07 Å². The van der Waals surface area contributed by atoms with Crippen LogP contribution in [0.25, 0.3) is 0 Å². The summed E-state index contributed by atoms with van der Waals surface area (Å²) in [5.74, 6) is -0.809. The fraction of sp³-hybridized carbons (Fsp3) is 0.0769. The monoisotopic (exact) mass is 296 g/mol. The van der Waals surface area contributed by atoms with Crippen molar-refractivity contribution < 1.29 is 22.9 Å². The summed E-state index contributed by atoms with van der Waals surface area (Å²) in [5, 5.41) is 10.9. The van der Waals surface area contributed by atoms with Crippen LogP contribution in [0.4, 0.5) is 18.9 Å². The Morgan fingerprint density at radius 2 is 1.90 bits per heavy atom. The number of rotatable bonds is 3. The molecule has 0 fully saturated rings. The van der Waals surface area contributed by atoms with Crippen molar-refractivity contribution in [2.24, 2.45) is 0 Å². The van der Waals surface area contributed by atoms with Gasteiger partial charge in [0.25, 0.3) is 5.69 Å². The molecule has 0 bridgehead atoms. The van der Waals surface area contributed by atoms with Crippen molar-refractivity contribution in [3.63, 3.8) is 0 Å². The Hall–Kier alpha value is -2.77. The van der Waals surface area contributed by atoms with E-state index in [1.807, 2.05) is 0 Å². The smallest absolute Gasteiger partial charge is 0.287 e. The Kier molecular flexibility index (Phi) is 3.70. The molecule has 1 aromatic carbocycles. The molecule has 2 aromatic rings. The van der Waals surface area contributed by atoms with Gasteiger partial charge < -0.3 is 0 Å². The summed E-state index contributed by atoms with van der Waals surface area (Å²) in [5.41, 5.74) is -2.61. The normalized spacial score (nSPS) is 11.2. The molecule has 1 aromatic heterocycles. The molecule has 0 aliphatic carbocycles. The second-order valence-corrected chi connectivity index (χ2v) is 4.03. The van der Waals surface area contributed by atoms with Gasteiger partial charge >= 0.3 is 6.18 Å². The molecule has 0 saturated heterocycles.